The van der Waals surface area contributed by atoms with Gasteiger partial charge in [-0.2, -0.15) is 11.8 Å². The molecule has 0 saturated carbocycles. The number of rotatable bonds is 6. The van der Waals surface area contributed by atoms with Crippen LogP contribution in [-0.2, 0) is 6.42 Å². The maximum absolute atomic E-state index is 6.07. The second kappa shape index (κ2) is 7.67. The summed E-state index contributed by atoms with van der Waals surface area (Å²) in [5.41, 5.74) is 1.29. The third kappa shape index (κ3) is 6.92. The Kier molecular flexibility index (Phi) is 6.90. The largest absolute Gasteiger partial charge is 0.156 e. The van der Waals surface area contributed by atoms with E-state index in [0.717, 1.165) is 23.7 Å². The quantitative estimate of drug-likeness (QED) is 0.611. The van der Waals surface area contributed by atoms with Gasteiger partial charge in [0.2, 0.25) is 0 Å². The van der Waals surface area contributed by atoms with Crippen LogP contribution in [0, 0.1) is 5.92 Å². The van der Waals surface area contributed by atoms with Crippen LogP contribution in [0.3, 0.4) is 0 Å². The van der Waals surface area contributed by atoms with Crippen molar-refractivity contribution in [1.29, 1.82) is 0 Å². The Hall–Kier alpha value is 0.150. The Morgan fingerprint density at radius 2 is 2.00 bits per heavy atom. The highest BCUT2D eigenvalue weighted by Crippen LogP contribution is 2.26. The van der Waals surface area contributed by atoms with Crippen LogP contribution in [0.2, 0.25) is 5.02 Å². The molecule has 0 aliphatic rings. The third-order valence-corrected chi connectivity index (χ3v) is 4.67. The molecule has 1 rings (SSSR count). The molecule has 1 unspecified atom stereocenters. The van der Waals surface area contributed by atoms with Gasteiger partial charge >= 0.3 is 0 Å². The topological polar surface area (TPSA) is 0 Å². The normalized spacial score (nSPS) is 13.6. The van der Waals surface area contributed by atoms with Crippen LogP contribution in [0.1, 0.15) is 32.8 Å². The fraction of sp³-hybridized carbons (Fsp3) is 0.600. The molecular weight excluding hydrogens is 283 g/mol. The summed E-state index contributed by atoms with van der Waals surface area (Å²) in [4.78, 5) is 0. The van der Waals surface area contributed by atoms with Gasteiger partial charge in [0, 0.05) is 15.6 Å². The van der Waals surface area contributed by atoms with Gasteiger partial charge in [-0.1, -0.05) is 44.5 Å². The second-order valence-electron chi connectivity index (χ2n) is 5.60. The second-order valence-corrected chi connectivity index (χ2v) is 8.27. The van der Waals surface area contributed by atoms with E-state index in [-0.39, 0.29) is 0 Å². The van der Waals surface area contributed by atoms with E-state index >= 15 is 0 Å². The van der Waals surface area contributed by atoms with E-state index in [1.165, 1.54) is 11.3 Å². The Morgan fingerprint density at radius 3 is 2.56 bits per heavy atom. The average molecular weight is 305 g/mol. The van der Waals surface area contributed by atoms with Crippen LogP contribution in [0.15, 0.2) is 24.3 Å². The summed E-state index contributed by atoms with van der Waals surface area (Å²) in [5.74, 6) is 2.43. The van der Waals surface area contributed by atoms with Gasteiger partial charge in [0.25, 0.3) is 0 Å². The number of hydrogen-bond donors (Lipinski definition) is 0. The first kappa shape index (κ1) is 16.2. The number of thioether (sulfide) groups is 1. The Labute approximate surface area is 125 Å². The number of benzene rings is 1. The Bertz CT molecular complexity index is 358. The first-order valence-corrected chi connectivity index (χ1v) is 8.25. The van der Waals surface area contributed by atoms with Crippen LogP contribution in [0.5, 0.6) is 0 Å². The molecule has 0 spiro atoms. The maximum Gasteiger partial charge on any atom is 0.0408 e. The van der Waals surface area contributed by atoms with Crippen LogP contribution in [-0.4, -0.2) is 16.4 Å². The summed E-state index contributed by atoms with van der Waals surface area (Å²) < 4.78 is 0.340. The highest BCUT2D eigenvalue weighted by atomic mass is 35.5. The summed E-state index contributed by atoms with van der Waals surface area (Å²) in [6.07, 6.45) is 2.19. The average Bonchev–Trinajstić information content (AvgIpc) is 2.26. The lowest BCUT2D eigenvalue weighted by molar-refractivity contribution is 0.570. The van der Waals surface area contributed by atoms with Gasteiger partial charge in [0.15, 0.2) is 0 Å². The van der Waals surface area contributed by atoms with Crippen LogP contribution in [0.4, 0.5) is 0 Å². The van der Waals surface area contributed by atoms with Crippen molar-refractivity contribution in [3.05, 3.63) is 34.9 Å². The van der Waals surface area contributed by atoms with Gasteiger partial charge < -0.3 is 0 Å². The minimum atomic E-state index is 0.340. The molecule has 1 aromatic carbocycles. The molecular formula is C15H22Cl2S. The van der Waals surface area contributed by atoms with E-state index in [9.17, 15) is 0 Å². The predicted octanol–water partition coefficient (Wildman–Crippen LogP) is 5.66. The van der Waals surface area contributed by atoms with Crippen molar-refractivity contribution < 1.29 is 0 Å². The van der Waals surface area contributed by atoms with Crippen LogP contribution < -0.4 is 0 Å². The minimum absolute atomic E-state index is 0.340. The van der Waals surface area contributed by atoms with E-state index < -0.39 is 0 Å². The predicted molar refractivity (Wildman–Crippen MR) is 86.2 cm³/mol. The zero-order chi connectivity index (χ0) is 13.6. The molecule has 3 heteroatoms. The molecule has 0 amide bonds. The molecule has 0 aliphatic heterocycles. The van der Waals surface area contributed by atoms with E-state index in [0.29, 0.717) is 10.7 Å². The molecule has 0 fully saturated rings. The van der Waals surface area contributed by atoms with Gasteiger partial charge in [-0.25, -0.2) is 0 Å². The molecule has 0 radical (unpaired) electrons. The van der Waals surface area contributed by atoms with E-state index in [1.807, 2.05) is 30.0 Å². The molecule has 18 heavy (non-hydrogen) atoms. The van der Waals surface area contributed by atoms with Gasteiger partial charge in [0.1, 0.15) is 0 Å². The molecule has 0 aromatic heterocycles. The van der Waals surface area contributed by atoms with Crippen molar-refractivity contribution in [2.24, 2.45) is 5.92 Å². The molecule has 0 aliphatic carbocycles. The van der Waals surface area contributed by atoms with Crippen molar-refractivity contribution in [3.63, 3.8) is 0 Å². The fourth-order valence-electron chi connectivity index (χ4n) is 1.76. The molecule has 0 bridgehead atoms. The lowest BCUT2D eigenvalue weighted by Crippen LogP contribution is -2.12. The van der Waals surface area contributed by atoms with E-state index in [2.05, 4.69) is 26.8 Å². The molecule has 0 N–H and O–H groups in total. The SMILES string of the molecule is CC(C)(C)SCCC(CCl)Cc1cccc(Cl)c1. The first-order valence-electron chi connectivity index (χ1n) is 6.35. The summed E-state index contributed by atoms with van der Waals surface area (Å²) >= 11 is 14.1. The van der Waals surface area contributed by atoms with Gasteiger partial charge in [-0.3, -0.25) is 0 Å². The zero-order valence-electron chi connectivity index (χ0n) is 11.4. The third-order valence-electron chi connectivity index (χ3n) is 2.69. The van der Waals surface area contributed by atoms with Gasteiger partial charge in [0.05, 0.1) is 0 Å². The van der Waals surface area contributed by atoms with Crippen molar-refractivity contribution in [2.75, 3.05) is 11.6 Å². The van der Waals surface area contributed by atoms with Crippen LogP contribution >= 0.6 is 35.0 Å². The number of hydrogen-bond acceptors (Lipinski definition) is 1. The highest BCUT2D eigenvalue weighted by molar-refractivity contribution is 8.00. The smallest absolute Gasteiger partial charge is 0.0408 e. The lowest BCUT2D eigenvalue weighted by atomic mass is 9.99. The van der Waals surface area contributed by atoms with E-state index in [1.54, 1.807) is 0 Å². The van der Waals surface area contributed by atoms with Crippen molar-refractivity contribution in [2.45, 2.75) is 38.4 Å². The van der Waals surface area contributed by atoms with Gasteiger partial charge in [-0.05, 0) is 42.2 Å². The molecule has 0 heterocycles. The minimum Gasteiger partial charge on any atom is -0.156 e. The summed E-state index contributed by atoms with van der Waals surface area (Å²) in [6, 6.07) is 8.09. The molecule has 0 nitrogen and oxygen atoms in total. The number of halogens is 2. The maximum atomic E-state index is 6.07. The molecule has 102 valence electrons. The molecule has 0 saturated heterocycles. The van der Waals surface area contributed by atoms with Crippen molar-refractivity contribution in [1.82, 2.24) is 0 Å². The fourth-order valence-corrected chi connectivity index (χ4v) is 3.30. The summed E-state index contributed by atoms with van der Waals surface area (Å²) in [6.45, 7) is 6.76. The Morgan fingerprint density at radius 1 is 1.28 bits per heavy atom. The zero-order valence-corrected chi connectivity index (χ0v) is 13.7. The van der Waals surface area contributed by atoms with Crippen LogP contribution in [0.25, 0.3) is 0 Å². The summed E-state index contributed by atoms with van der Waals surface area (Å²) in [5, 5.41) is 0.810. The standard InChI is InChI=1S/C15H22Cl2S/c1-15(2,3)18-8-7-13(11-16)9-12-5-4-6-14(17)10-12/h4-6,10,13H,7-9,11H2,1-3H3. The Balaban J connectivity index is 2.42. The van der Waals surface area contributed by atoms with E-state index in [4.69, 9.17) is 23.2 Å². The lowest BCUT2D eigenvalue weighted by Gasteiger charge is -2.20. The van der Waals surface area contributed by atoms with Gasteiger partial charge in [-0.15, -0.1) is 11.6 Å². The highest BCUT2D eigenvalue weighted by Gasteiger charge is 2.13. The van der Waals surface area contributed by atoms with Crippen molar-refractivity contribution >= 4 is 35.0 Å². The monoisotopic (exact) mass is 304 g/mol. The molecule has 1 aromatic rings. The number of alkyl halides is 1. The van der Waals surface area contributed by atoms with Crippen molar-refractivity contribution in [3.8, 4) is 0 Å². The molecule has 1 atom stereocenters. The first-order chi connectivity index (χ1) is 8.40. The summed E-state index contributed by atoms with van der Waals surface area (Å²) in [7, 11) is 0.